The molecule has 0 saturated heterocycles. The number of amides is 1. The minimum atomic E-state index is -0.432. The van der Waals surface area contributed by atoms with Crippen LogP contribution in [0, 0.1) is 12.7 Å². The van der Waals surface area contributed by atoms with Gasteiger partial charge in [0.2, 0.25) is 5.91 Å². The number of anilines is 2. The first kappa shape index (κ1) is 13.4. The van der Waals surface area contributed by atoms with E-state index < -0.39 is 5.82 Å². The minimum absolute atomic E-state index is 0.0166. The van der Waals surface area contributed by atoms with E-state index in [2.05, 4.69) is 15.8 Å². The fourth-order valence-electron chi connectivity index (χ4n) is 1.42. The van der Waals surface area contributed by atoms with Crippen molar-refractivity contribution in [1.29, 1.82) is 0 Å². The van der Waals surface area contributed by atoms with Gasteiger partial charge in [0.1, 0.15) is 11.6 Å². The molecule has 1 heterocycles. The minimum Gasteiger partial charge on any atom is -0.375 e. The molecule has 0 aliphatic carbocycles. The average Bonchev–Trinajstić information content (AvgIpc) is 2.73. The predicted octanol–water partition coefficient (Wildman–Crippen LogP) is 2.83. The van der Waals surface area contributed by atoms with Gasteiger partial charge < -0.3 is 15.2 Å². The fraction of sp³-hybridized carbons (Fsp3) is 0.167. The Morgan fingerprint density at radius 2 is 2.26 bits per heavy atom. The van der Waals surface area contributed by atoms with Crippen molar-refractivity contribution < 1.29 is 13.7 Å². The van der Waals surface area contributed by atoms with Gasteiger partial charge in [0.25, 0.3) is 0 Å². The van der Waals surface area contributed by atoms with Gasteiger partial charge in [0.05, 0.1) is 17.3 Å². The summed E-state index contributed by atoms with van der Waals surface area (Å²) in [5.41, 5.74) is 0.481. The van der Waals surface area contributed by atoms with Crippen LogP contribution in [-0.4, -0.2) is 17.6 Å². The highest BCUT2D eigenvalue weighted by atomic mass is 35.5. The van der Waals surface area contributed by atoms with Crippen molar-refractivity contribution in [2.45, 2.75) is 6.92 Å². The van der Waals surface area contributed by atoms with Gasteiger partial charge in [-0.2, -0.15) is 0 Å². The van der Waals surface area contributed by atoms with Crippen molar-refractivity contribution >= 4 is 29.0 Å². The maximum absolute atomic E-state index is 12.8. The fourth-order valence-corrected chi connectivity index (χ4v) is 1.65. The summed E-state index contributed by atoms with van der Waals surface area (Å²) in [5.74, 6) is 0.200. The first-order valence-electron chi connectivity index (χ1n) is 5.46. The molecule has 0 aliphatic heterocycles. The third-order valence-electron chi connectivity index (χ3n) is 2.27. The number of hydrogen-bond acceptors (Lipinski definition) is 4. The topological polar surface area (TPSA) is 67.2 Å². The smallest absolute Gasteiger partial charge is 0.244 e. The van der Waals surface area contributed by atoms with Crippen molar-refractivity contribution in [3.8, 4) is 0 Å². The first-order chi connectivity index (χ1) is 9.04. The largest absolute Gasteiger partial charge is 0.375 e. The summed E-state index contributed by atoms with van der Waals surface area (Å²) in [6.07, 6.45) is 0. The Morgan fingerprint density at radius 1 is 1.47 bits per heavy atom. The molecule has 0 unspecified atom stereocenters. The summed E-state index contributed by atoms with van der Waals surface area (Å²) in [7, 11) is 0. The molecule has 7 heteroatoms. The summed E-state index contributed by atoms with van der Waals surface area (Å²) in [6, 6.07) is 5.49. The van der Waals surface area contributed by atoms with Crippen LogP contribution in [0.3, 0.4) is 0 Å². The maximum atomic E-state index is 12.8. The number of carbonyl (C=O) groups is 1. The van der Waals surface area contributed by atoms with Crippen molar-refractivity contribution in [3.05, 3.63) is 40.9 Å². The van der Waals surface area contributed by atoms with Crippen LogP contribution in [0.4, 0.5) is 15.9 Å². The van der Waals surface area contributed by atoms with Gasteiger partial charge in [-0.25, -0.2) is 4.39 Å². The number of halogens is 2. The molecule has 0 saturated carbocycles. The summed E-state index contributed by atoms with van der Waals surface area (Å²) in [4.78, 5) is 11.6. The highest BCUT2D eigenvalue weighted by Crippen LogP contribution is 2.22. The molecule has 2 aromatic rings. The van der Waals surface area contributed by atoms with Crippen LogP contribution in [-0.2, 0) is 4.79 Å². The molecule has 0 radical (unpaired) electrons. The molecular formula is C12H11ClFN3O2. The van der Waals surface area contributed by atoms with E-state index in [0.717, 1.165) is 0 Å². The van der Waals surface area contributed by atoms with E-state index in [0.29, 0.717) is 17.3 Å². The van der Waals surface area contributed by atoms with E-state index in [-0.39, 0.29) is 17.5 Å². The third-order valence-corrected chi connectivity index (χ3v) is 2.58. The summed E-state index contributed by atoms with van der Waals surface area (Å²) >= 11 is 5.81. The van der Waals surface area contributed by atoms with Crippen molar-refractivity contribution in [3.63, 3.8) is 0 Å². The first-order valence-corrected chi connectivity index (χ1v) is 5.84. The number of carbonyl (C=O) groups excluding carboxylic acids is 1. The quantitative estimate of drug-likeness (QED) is 0.905. The monoisotopic (exact) mass is 283 g/mol. The van der Waals surface area contributed by atoms with E-state index in [4.69, 9.17) is 16.1 Å². The zero-order valence-corrected chi connectivity index (χ0v) is 10.8. The predicted molar refractivity (Wildman–Crippen MR) is 69.8 cm³/mol. The molecule has 2 N–H and O–H groups in total. The van der Waals surface area contributed by atoms with Gasteiger partial charge in [0.15, 0.2) is 5.82 Å². The molecule has 2 rings (SSSR count). The molecule has 1 amide bonds. The molecular weight excluding hydrogens is 273 g/mol. The molecule has 1 aromatic heterocycles. The summed E-state index contributed by atoms with van der Waals surface area (Å²) in [5, 5.41) is 9.18. The van der Waals surface area contributed by atoms with E-state index >= 15 is 0 Å². The van der Waals surface area contributed by atoms with Crippen LogP contribution in [0.2, 0.25) is 5.02 Å². The van der Waals surface area contributed by atoms with Gasteiger partial charge in [-0.1, -0.05) is 16.8 Å². The zero-order chi connectivity index (χ0) is 13.8. The Kier molecular flexibility index (Phi) is 4.01. The number of nitrogens with zero attached hydrogens (tertiary/aromatic N) is 1. The lowest BCUT2D eigenvalue weighted by atomic mass is 10.3. The van der Waals surface area contributed by atoms with Gasteiger partial charge in [-0.15, -0.1) is 0 Å². The van der Waals surface area contributed by atoms with Crippen molar-refractivity contribution in [1.82, 2.24) is 5.16 Å². The molecule has 19 heavy (non-hydrogen) atoms. The molecule has 0 fully saturated rings. The Balaban J connectivity index is 1.89. The molecule has 1 aromatic carbocycles. The van der Waals surface area contributed by atoms with Crippen molar-refractivity contribution in [2.75, 3.05) is 17.2 Å². The maximum Gasteiger partial charge on any atom is 0.244 e. The molecule has 5 nitrogen and oxygen atoms in total. The van der Waals surface area contributed by atoms with Crippen LogP contribution < -0.4 is 10.6 Å². The Hall–Kier alpha value is -2.08. The average molecular weight is 284 g/mol. The second-order valence-electron chi connectivity index (χ2n) is 3.85. The lowest BCUT2D eigenvalue weighted by Gasteiger charge is -2.07. The van der Waals surface area contributed by atoms with E-state index in [9.17, 15) is 9.18 Å². The highest BCUT2D eigenvalue weighted by molar-refractivity contribution is 6.33. The standard InChI is InChI=1S/C12H11ClFN3O2/c1-7-4-11(17-19-7)16-12(18)6-15-10-3-2-8(14)5-9(10)13/h2-5,15H,6H2,1H3,(H,16,17,18). The number of aromatic nitrogens is 1. The van der Waals surface area contributed by atoms with Gasteiger partial charge >= 0.3 is 0 Å². The Morgan fingerprint density at radius 3 is 2.89 bits per heavy atom. The van der Waals surface area contributed by atoms with E-state index in [1.54, 1.807) is 13.0 Å². The lowest BCUT2D eigenvalue weighted by molar-refractivity contribution is -0.114. The molecule has 0 spiro atoms. The highest BCUT2D eigenvalue weighted by Gasteiger charge is 2.07. The van der Waals surface area contributed by atoms with Crippen LogP contribution >= 0.6 is 11.6 Å². The molecule has 100 valence electrons. The lowest BCUT2D eigenvalue weighted by Crippen LogP contribution is -2.22. The number of nitrogens with one attached hydrogen (secondary N) is 2. The van der Waals surface area contributed by atoms with Gasteiger partial charge in [-0.3, -0.25) is 4.79 Å². The second-order valence-corrected chi connectivity index (χ2v) is 4.26. The van der Waals surface area contributed by atoms with Gasteiger partial charge in [-0.05, 0) is 25.1 Å². The van der Waals surface area contributed by atoms with Crippen LogP contribution in [0.5, 0.6) is 0 Å². The number of aryl methyl sites for hydroxylation is 1. The second kappa shape index (κ2) is 5.71. The Bertz CT molecular complexity index is 600. The summed E-state index contributed by atoms with van der Waals surface area (Å²) in [6.45, 7) is 1.70. The van der Waals surface area contributed by atoms with E-state index in [1.165, 1.54) is 18.2 Å². The number of hydrogen-bond donors (Lipinski definition) is 2. The number of benzene rings is 1. The van der Waals surface area contributed by atoms with Crippen LogP contribution in [0.1, 0.15) is 5.76 Å². The summed E-state index contributed by atoms with van der Waals surface area (Å²) < 4.78 is 17.6. The third kappa shape index (κ3) is 3.69. The van der Waals surface area contributed by atoms with Crippen LogP contribution in [0.15, 0.2) is 28.8 Å². The van der Waals surface area contributed by atoms with E-state index in [1.807, 2.05) is 0 Å². The molecule has 0 aliphatic rings. The molecule has 0 atom stereocenters. The Labute approximate surface area is 113 Å². The van der Waals surface area contributed by atoms with Gasteiger partial charge in [0, 0.05) is 6.07 Å². The van der Waals surface area contributed by atoms with Crippen molar-refractivity contribution in [2.24, 2.45) is 0 Å². The zero-order valence-electron chi connectivity index (χ0n) is 10.0. The molecule has 0 bridgehead atoms. The normalized spacial score (nSPS) is 10.3. The SMILES string of the molecule is Cc1cc(NC(=O)CNc2ccc(F)cc2Cl)no1. The van der Waals surface area contributed by atoms with Crippen LogP contribution in [0.25, 0.3) is 0 Å². The number of rotatable bonds is 4.